The minimum Gasteiger partial charge on any atom is -0.350 e. The third-order valence-electron chi connectivity index (χ3n) is 3.84. The Labute approximate surface area is 142 Å². The minimum absolute atomic E-state index is 0.0885. The van der Waals surface area contributed by atoms with E-state index < -0.39 is 0 Å². The first-order chi connectivity index (χ1) is 11.5. The summed E-state index contributed by atoms with van der Waals surface area (Å²) in [5.74, 6) is -0.399. The van der Waals surface area contributed by atoms with Gasteiger partial charge in [-0.15, -0.1) is 0 Å². The van der Waals surface area contributed by atoms with Crippen molar-refractivity contribution in [1.82, 2.24) is 15.2 Å². The fourth-order valence-electron chi connectivity index (χ4n) is 2.22. The predicted octanol–water partition coefficient (Wildman–Crippen LogP) is 2.88. The number of carbonyl (C=O) groups is 2. The maximum Gasteiger partial charge on any atom is 0.272 e. The van der Waals surface area contributed by atoms with Crippen LogP contribution in [-0.4, -0.2) is 34.8 Å². The summed E-state index contributed by atoms with van der Waals surface area (Å²) in [4.78, 5) is 30.4. The first-order valence-electron chi connectivity index (χ1n) is 8.07. The molecule has 0 aliphatic carbocycles. The van der Waals surface area contributed by atoms with E-state index in [1.807, 2.05) is 44.2 Å². The second-order valence-corrected chi connectivity index (χ2v) is 5.86. The van der Waals surface area contributed by atoms with E-state index in [0.717, 1.165) is 12.0 Å². The van der Waals surface area contributed by atoms with Gasteiger partial charge in [-0.05, 0) is 31.0 Å². The molecule has 126 valence electrons. The Morgan fingerprint density at radius 2 is 1.92 bits per heavy atom. The van der Waals surface area contributed by atoms with E-state index in [0.29, 0.717) is 12.1 Å². The molecule has 1 unspecified atom stereocenters. The van der Waals surface area contributed by atoms with Gasteiger partial charge in [-0.1, -0.05) is 37.3 Å². The van der Waals surface area contributed by atoms with E-state index in [2.05, 4.69) is 10.3 Å². The van der Waals surface area contributed by atoms with E-state index >= 15 is 0 Å². The van der Waals surface area contributed by atoms with Gasteiger partial charge < -0.3 is 10.2 Å². The molecule has 1 aromatic carbocycles. The molecule has 0 aliphatic heterocycles. The molecule has 2 aromatic rings. The Bertz CT molecular complexity index is 701. The van der Waals surface area contributed by atoms with Gasteiger partial charge >= 0.3 is 0 Å². The maximum atomic E-state index is 12.5. The first kappa shape index (κ1) is 17.7. The van der Waals surface area contributed by atoms with Gasteiger partial charge in [-0.2, -0.15) is 0 Å². The van der Waals surface area contributed by atoms with Gasteiger partial charge in [-0.25, -0.2) is 0 Å². The topological polar surface area (TPSA) is 62.3 Å². The highest BCUT2D eigenvalue weighted by atomic mass is 16.2. The van der Waals surface area contributed by atoms with Crippen LogP contribution in [0.2, 0.25) is 0 Å². The maximum absolute atomic E-state index is 12.5. The van der Waals surface area contributed by atoms with Crippen molar-refractivity contribution < 1.29 is 9.59 Å². The van der Waals surface area contributed by atoms with Crippen molar-refractivity contribution in [2.24, 2.45) is 0 Å². The van der Waals surface area contributed by atoms with Gasteiger partial charge in [0.25, 0.3) is 11.8 Å². The molecule has 2 rings (SSSR count). The van der Waals surface area contributed by atoms with E-state index in [-0.39, 0.29) is 23.6 Å². The second kappa shape index (κ2) is 8.24. The largest absolute Gasteiger partial charge is 0.350 e. The molecule has 0 fully saturated rings. The van der Waals surface area contributed by atoms with Crippen LogP contribution >= 0.6 is 0 Å². The lowest BCUT2D eigenvalue weighted by molar-refractivity contribution is 0.0779. The molecule has 0 spiro atoms. The second-order valence-electron chi connectivity index (χ2n) is 5.86. The summed E-state index contributed by atoms with van der Waals surface area (Å²) >= 11 is 0. The van der Waals surface area contributed by atoms with E-state index in [4.69, 9.17) is 0 Å². The first-order valence-corrected chi connectivity index (χ1v) is 8.07. The normalized spacial score (nSPS) is 11.6. The van der Waals surface area contributed by atoms with Crippen molar-refractivity contribution >= 4 is 11.8 Å². The van der Waals surface area contributed by atoms with Crippen LogP contribution < -0.4 is 5.32 Å². The standard InChI is InChI=1S/C19H23N3O2/c1-4-14(2)21-18(23)16-10-11-20-17(12-16)19(24)22(3)13-15-8-6-5-7-9-15/h5-12,14H,4,13H2,1-3H3,(H,21,23). The number of hydrogen-bond donors (Lipinski definition) is 1. The number of benzene rings is 1. The summed E-state index contributed by atoms with van der Waals surface area (Å²) in [5.41, 5.74) is 1.76. The van der Waals surface area contributed by atoms with Crippen molar-refractivity contribution in [2.75, 3.05) is 7.05 Å². The molecule has 0 aliphatic rings. The summed E-state index contributed by atoms with van der Waals surface area (Å²) in [5, 5.41) is 2.89. The van der Waals surface area contributed by atoms with Crippen LogP contribution in [-0.2, 0) is 6.54 Å². The molecule has 1 N–H and O–H groups in total. The number of nitrogens with one attached hydrogen (secondary N) is 1. The highest BCUT2D eigenvalue weighted by Gasteiger charge is 2.16. The van der Waals surface area contributed by atoms with Crippen LogP contribution in [0.4, 0.5) is 0 Å². The fraction of sp³-hybridized carbons (Fsp3) is 0.316. The number of hydrogen-bond acceptors (Lipinski definition) is 3. The van der Waals surface area contributed by atoms with Gasteiger partial charge in [0.05, 0.1) is 0 Å². The Morgan fingerprint density at radius 1 is 1.21 bits per heavy atom. The van der Waals surface area contributed by atoms with Crippen LogP contribution in [0.1, 0.15) is 46.7 Å². The summed E-state index contributed by atoms with van der Waals surface area (Å²) in [6, 6.07) is 13.0. The fourth-order valence-corrected chi connectivity index (χ4v) is 2.22. The van der Waals surface area contributed by atoms with Crippen LogP contribution in [0.25, 0.3) is 0 Å². The summed E-state index contributed by atoms with van der Waals surface area (Å²) in [6.07, 6.45) is 2.34. The molecule has 1 heterocycles. The Balaban J connectivity index is 2.09. The van der Waals surface area contributed by atoms with Crippen molar-refractivity contribution in [2.45, 2.75) is 32.9 Å². The third kappa shape index (κ3) is 4.65. The van der Waals surface area contributed by atoms with Gasteiger partial charge in [0.1, 0.15) is 5.69 Å². The summed E-state index contributed by atoms with van der Waals surface area (Å²) < 4.78 is 0. The molecule has 5 nitrogen and oxygen atoms in total. The summed E-state index contributed by atoms with van der Waals surface area (Å²) in [6.45, 7) is 4.44. The van der Waals surface area contributed by atoms with Crippen molar-refractivity contribution in [1.29, 1.82) is 0 Å². The number of nitrogens with zero attached hydrogens (tertiary/aromatic N) is 2. The smallest absolute Gasteiger partial charge is 0.272 e. The van der Waals surface area contributed by atoms with E-state index in [1.54, 1.807) is 24.1 Å². The zero-order chi connectivity index (χ0) is 17.5. The number of aromatic nitrogens is 1. The van der Waals surface area contributed by atoms with E-state index in [1.165, 1.54) is 6.20 Å². The molecule has 5 heteroatoms. The average molecular weight is 325 g/mol. The molecule has 2 amide bonds. The molecular formula is C19H23N3O2. The highest BCUT2D eigenvalue weighted by Crippen LogP contribution is 2.09. The zero-order valence-electron chi connectivity index (χ0n) is 14.3. The minimum atomic E-state index is -0.211. The van der Waals surface area contributed by atoms with E-state index in [9.17, 15) is 9.59 Å². The van der Waals surface area contributed by atoms with Crippen molar-refractivity contribution in [3.8, 4) is 0 Å². The van der Waals surface area contributed by atoms with Crippen LogP contribution in [0.15, 0.2) is 48.7 Å². The average Bonchev–Trinajstić information content (AvgIpc) is 2.61. The lowest BCUT2D eigenvalue weighted by atomic mass is 10.1. The van der Waals surface area contributed by atoms with Gasteiger partial charge in [-0.3, -0.25) is 14.6 Å². The monoisotopic (exact) mass is 325 g/mol. The Morgan fingerprint density at radius 3 is 2.58 bits per heavy atom. The molecule has 24 heavy (non-hydrogen) atoms. The molecule has 1 atom stereocenters. The Kier molecular flexibility index (Phi) is 6.07. The summed E-state index contributed by atoms with van der Waals surface area (Å²) in [7, 11) is 1.73. The van der Waals surface area contributed by atoms with Crippen LogP contribution in [0, 0.1) is 0 Å². The number of pyridine rings is 1. The van der Waals surface area contributed by atoms with Gasteiger partial charge in [0, 0.05) is 31.4 Å². The van der Waals surface area contributed by atoms with Crippen LogP contribution in [0.3, 0.4) is 0 Å². The van der Waals surface area contributed by atoms with Crippen molar-refractivity contribution in [3.63, 3.8) is 0 Å². The van der Waals surface area contributed by atoms with Crippen LogP contribution in [0.5, 0.6) is 0 Å². The lowest BCUT2D eigenvalue weighted by Crippen LogP contribution is -2.32. The molecule has 1 aromatic heterocycles. The Hall–Kier alpha value is -2.69. The molecule has 0 saturated carbocycles. The SMILES string of the molecule is CCC(C)NC(=O)c1ccnc(C(=O)N(C)Cc2ccccc2)c1. The quantitative estimate of drug-likeness (QED) is 0.888. The molecule has 0 radical (unpaired) electrons. The molecule has 0 saturated heterocycles. The third-order valence-corrected chi connectivity index (χ3v) is 3.84. The lowest BCUT2D eigenvalue weighted by Gasteiger charge is -2.17. The molecule has 0 bridgehead atoms. The zero-order valence-corrected chi connectivity index (χ0v) is 14.3. The molecular weight excluding hydrogens is 302 g/mol. The number of rotatable bonds is 6. The number of carbonyl (C=O) groups excluding carboxylic acids is 2. The van der Waals surface area contributed by atoms with Gasteiger partial charge in [0.2, 0.25) is 0 Å². The highest BCUT2D eigenvalue weighted by molar-refractivity contribution is 5.98. The van der Waals surface area contributed by atoms with Crippen molar-refractivity contribution in [3.05, 3.63) is 65.5 Å². The number of amides is 2. The predicted molar refractivity (Wildman–Crippen MR) is 93.7 cm³/mol. The van der Waals surface area contributed by atoms with Gasteiger partial charge in [0.15, 0.2) is 0 Å².